The summed E-state index contributed by atoms with van der Waals surface area (Å²) in [6.07, 6.45) is 0.284. The van der Waals surface area contributed by atoms with E-state index >= 15 is 0 Å². The first-order valence-corrected chi connectivity index (χ1v) is 9.55. The van der Waals surface area contributed by atoms with Gasteiger partial charge in [0, 0.05) is 6.42 Å². The van der Waals surface area contributed by atoms with Gasteiger partial charge in [0.2, 0.25) is 6.29 Å². The SMILES string of the molecule is CCCCCCCCCCCC(=O)OC(O)[C@H](O)[C@H](O)[C@H](O)[C@@H](O)CO. The predicted octanol–water partition coefficient (Wildman–Crippen LogP) is 0.205. The molecule has 0 spiro atoms. The van der Waals surface area contributed by atoms with Gasteiger partial charge in [-0.25, -0.2) is 0 Å². The molecule has 0 fully saturated rings. The topological polar surface area (TPSA) is 148 Å². The van der Waals surface area contributed by atoms with Crippen LogP contribution in [0.1, 0.15) is 71.1 Å². The van der Waals surface area contributed by atoms with Crippen LogP contribution in [0.4, 0.5) is 0 Å². The Morgan fingerprint density at radius 1 is 0.769 bits per heavy atom. The molecule has 1 unspecified atom stereocenters. The highest BCUT2D eigenvalue weighted by Crippen LogP contribution is 2.13. The number of rotatable bonds is 16. The molecule has 5 atom stereocenters. The monoisotopic (exact) mass is 380 g/mol. The average Bonchev–Trinajstić information content (AvgIpc) is 2.63. The number of unbranched alkanes of at least 4 members (excludes halogenated alkanes) is 8. The van der Waals surface area contributed by atoms with Gasteiger partial charge in [-0.1, -0.05) is 58.3 Å². The molecule has 0 aliphatic heterocycles. The van der Waals surface area contributed by atoms with E-state index in [9.17, 15) is 30.3 Å². The third kappa shape index (κ3) is 11.1. The van der Waals surface area contributed by atoms with Crippen LogP contribution in [0.15, 0.2) is 0 Å². The fourth-order valence-electron chi connectivity index (χ4n) is 2.55. The molecule has 0 aliphatic rings. The number of carbonyl (C=O) groups is 1. The normalized spacial score (nSPS) is 17.3. The Hall–Kier alpha value is -0.770. The van der Waals surface area contributed by atoms with Crippen LogP contribution in [-0.2, 0) is 9.53 Å². The van der Waals surface area contributed by atoms with Gasteiger partial charge in [0.05, 0.1) is 6.61 Å². The van der Waals surface area contributed by atoms with E-state index in [4.69, 9.17) is 5.11 Å². The maximum atomic E-state index is 11.6. The third-order valence-corrected chi connectivity index (χ3v) is 4.31. The Kier molecular flexibility index (Phi) is 14.9. The lowest BCUT2D eigenvalue weighted by Gasteiger charge is -2.28. The number of esters is 1. The van der Waals surface area contributed by atoms with Crippen LogP contribution < -0.4 is 0 Å². The minimum absolute atomic E-state index is 0.0809. The molecule has 0 aromatic carbocycles. The average molecular weight is 380 g/mol. The maximum absolute atomic E-state index is 11.6. The zero-order valence-corrected chi connectivity index (χ0v) is 15.7. The van der Waals surface area contributed by atoms with Crippen LogP contribution >= 0.6 is 0 Å². The molecule has 0 aliphatic carbocycles. The van der Waals surface area contributed by atoms with E-state index in [0.29, 0.717) is 6.42 Å². The van der Waals surface area contributed by atoms with E-state index in [-0.39, 0.29) is 6.42 Å². The molecule has 0 saturated heterocycles. The highest BCUT2D eigenvalue weighted by Gasteiger charge is 2.35. The van der Waals surface area contributed by atoms with Crippen molar-refractivity contribution in [1.29, 1.82) is 0 Å². The second-order valence-corrected chi connectivity index (χ2v) is 6.68. The summed E-state index contributed by atoms with van der Waals surface area (Å²) >= 11 is 0. The van der Waals surface area contributed by atoms with E-state index in [0.717, 1.165) is 19.3 Å². The molecule has 156 valence electrons. The lowest BCUT2D eigenvalue weighted by atomic mass is 10.0. The Morgan fingerprint density at radius 2 is 1.27 bits per heavy atom. The van der Waals surface area contributed by atoms with E-state index in [1.807, 2.05) is 0 Å². The molecule has 0 heterocycles. The lowest BCUT2D eigenvalue weighted by molar-refractivity contribution is -0.213. The van der Waals surface area contributed by atoms with Gasteiger partial charge in [0.1, 0.15) is 24.4 Å². The largest absolute Gasteiger partial charge is 0.433 e. The van der Waals surface area contributed by atoms with Gasteiger partial charge >= 0.3 is 5.97 Å². The van der Waals surface area contributed by atoms with Crippen molar-refractivity contribution in [3.05, 3.63) is 0 Å². The zero-order valence-electron chi connectivity index (χ0n) is 15.7. The summed E-state index contributed by atoms with van der Waals surface area (Å²) in [5.74, 6) is -0.719. The van der Waals surface area contributed by atoms with Crippen molar-refractivity contribution >= 4 is 5.97 Å². The van der Waals surface area contributed by atoms with Crippen molar-refractivity contribution < 1.29 is 40.2 Å². The number of aliphatic hydroxyl groups excluding tert-OH is 6. The Labute approximate surface area is 155 Å². The van der Waals surface area contributed by atoms with Gasteiger partial charge in [-0.15, -0.1) is 0 Å². The fourth-order valence-corrected chi connectivity index (χ4v) is 2.55. The van der Waals surface area contributed by atoms with Crippen molar-refractivity contribution in [3.63, 3.8) is 0 Å². The van der Waals surface area contributed by atoms with Gasteiger partial charge < -0.3 is 35.4 Å². The predicted molar refractivity (Wildman–Crippen MR) is 95.1 cm³/mol. The Morgan fingerprint density at radius 3 is 1.77 bits per heavy atom. The highest BCUT2D eigenvalue weighted by atomic mass is 16.6. The highest BCUT2D eigenvalue weighted by molar-refractivity contribution is 5.69. The number of aliphatic hydroxyl groups is 6. The number of hydrogen-bond donors (Lipinski definition) is 6. The van der Waals surface area contributed by atoms with Crippen molar-refractivity contribution in [2.24, 2.45) is 0 Å². The number of carbonyl (C=O) groups excluding carboxylic acids is 1. The fraction of sp³-hybridized carbons (Fsp3) is 0.944. The summed E-state index contributed by atoms with van der Waals surface area (Å²) < 4.78 is 4.62. The van der Waals surface area contributed by atoms with Crippen LogP contribution in [0.3, 0.4) is 0 Å². The van der Waals surface area contributed by atoms with Crippen LogP contribution in [0.5, 0.6) is 0 Å². The quantitative estimate of drug-likeness (QED) is 0.126. The number of hydrogen-bond acceptors (Lipinski definition) is 8. The van der Waals surface area contributed by atoms with Crippen molar-refractivity contribution in [1.82, 2.24) is 0 Å². The number of ether oxygens (including phenoxy) is 1. The second-order valence-electron chi connectivity index (χ2n) is 6.68. The summed E-state index contributed by atoms with van der Waals surface area (Å²) in [7, 11) is 0. The molecule has 0 bridgehead atoms. The Balaban J connectivity index is 3.87. The van der Waals surface area contributed by atoms with Gasteiger partial charge in [-0.05, 0) is 6.42 Å². The Bertz CT molecular complexity index is 352. The van der Waals surface area contributed by atoms with Crippen LogP contribution in [0, 0.1) is 0 Å². The molecular formula is C18H36O8. The molecular weight excluding hydrogens is 344 g/mol. The lowest BCUT2D eigenvalue weighted by Crippen LogP contribution is -2.50. The molecule has 26 heavy (non-hydrogen) atoms. The summed E-state index contributed by atoms with van der Waals surface area (Å²) in [5.41, 5.74) is 0. The summed E-state index contributed by atoms with van der Waals surface area (Å²) in [5, 5.41) is 56.2. The summed E-state index contributed by atoms with van der Waals surface area (Å²) in [4.78, 5) is 11.6. The van der Waals surface area contributed by atoms with E-state index in [2.05, 4.69) is 11.7 Å². The van der Waals surface area contributed by atoms with Crippen LogP contribution in [0.2, 0.25) is 0 Å². The van der Waals surface area contributed by atoms with Crippen LogP contribution in [-0.4, -0.2) is 73.9 Å². The first-order chi connectivity index (χ1) is 12.3. The van der Waals surface area contributed by atoms with Gasteiger partial charge in [0.15, 0.2) is 0 Å². The zero-order chi connectivity index (χ0) is 19.9. The van der Waals surface area contributed by atoms with Crippen LogP contribution in [0.25, 0.3) is 0 Å². The van der Waals surface area contributed by atoms with Gasteiger partial charge in [-0.2, -0.15) is 0 Å². The molecule has 0 rings (SSSR count). The molecule has 0 amide bonds. The maximum Gasteiger partial charge on any atom is 0.308 e. The first kappa shape index (κ1) is 25.2. The summed E-state index contributed by atoms with van der Waals surface area (Å²) in [6.45, 7) is 1.34. The third-order valence-electron chi connectivity index (χ3n) is 4.31. The standard InChI is InChI=1S/C18H36O8/c1-2-3-4-5-6-7-8-9-10-11-14(21)26-18(25)17(24)16(23)15(22)13(20)12-19/h13,15-20,22-25H,2-12H2,1H3/t13-,15+,16+,17+,18?/m0/s1. The minimum Gasteiger partial charge on any atom is -0.433 e. The van der Waals surface area contributed by atoms with E-state index < -0.39 is 43.3 Å². The summed E-state index contributed by atoms with van der Waals surface area (Å²) in [6, 6.07) is 0. The second kappa shape index (κ2) is 15.3. The van der Waals surface area contributed by atoms with Gasteiger partial charge in [-0.3, -0.25) is 4.79 Å². The van der Waals surface area contributed by atoms with Gasteiger partial charge in [0.25, 0.3) is 0 Å². The molecule has 0 aromatic heterocycles. The van der Waals surface area contributed by atoms with E-state index in [1.54, 1.807) is 0 Å². The van der Waals surface area contributed by atoms with Crippen molar-refractivity contribution in [2.45, 2.75) is 102 Å². The molecule has 8 nitrogen and oxygen atoms in total. The van der Waals surface area contributed by atoms with E-state index in [1.165, 1.54) is 32.1 Å². The molecule has 0 radical (unpaired) electrons. The first-order valence-electron chi connectivity index (χ1n) is 9.55. The molecule has 0 aromatic rings. The molecule has 6 N–H and O–H groups in total. The molecule has 8 heteroatoms. The van der Waals surface area contributed by atoms with Crippen molar-refractivity contribution in [2.75, 3.05) is 6.61 Å². The minimum atomic E-state index is -2.03. The smallest absolute Gasteiger partial charge is 0.308 e. The molecule has 0 saturated carbocycles. The van der Waals surface area contributed by atoms with Crippen molar-refractivity contribution in [3.8, 4) is 0 Å².